The van der Waals surface area contributed by atoms with Gasteiger partial charge in [0.15, 0.2) is 0 Å². The molecule has 0 atom stereocenters. The van der Waals surface area contributed by atoms with Gasteiger partial charge in [-0.1, -0.05) is 12.8 Å². The van der Waals surface area contributed by atoms with Crippen LogP contribution in [0.5, 0.6) is 0 Å². The molecule has 19 heavy (non-hydrogen) atoms. The largest absolute Gasteiger partial charge is 0.351 e. The summed E-state index contributed by atoms with van der Waals surface area (Å²) in [7, 11) is 1.92. The molecule has 0 unspecified atom stereocenters. The molecule has 1 aliphatic carbocycles. The van der Waals surface area contributed by atoms with Gasteiger partial charge in [0.25, 0.3) is 5.91 Å². The van der Waals surface area contributed by atoms with Gasteiger partial charge in [-0.15, -0.1) is 11.3 Å². The number of aromatic nitrogens is 1. The third-order valence-electron chi connectivity index (χ3n) is 3.61. The quantitative estimate of drug-likeness (QED) is 0.788. The van der Waals surface area contributed by atoms with Crippen molar-refractivity contribution in [2.45, 2.75) is 44.9 Å². The molecule has 1 aliphatic rings. The molecule has 0 bridgehead atoms. The molecule has 106 valence electrons. The van der Waals surface area contributed by atoms with Crippen molar-refractivity contribution in [3.05, 3.63) is 15.6 Å². The Bertz CT molecular complexity index is 424. The van der Waals surface area contributed by atoms with Gasteiger partial charge in [0.2, 0.25) is 0 Å². The Labute approximate surface area is 119 Å². The smallest absolute Gasteiger partial charge is 0.263 e. The number of carbonyl (C=O) groups excluding carboxylic acids is 1. The van der Waals surface area contributed by atoms with E-state index in [1.165, 1.54) is 25.7 Å². The molecule has 5 heteroatoms. The lowest BCUT2D eigenvalue weighted by Crippen LogP contribution is -2.26. The van der Waals surface area contributed by atoms with Gasteiger partial charge in [-0.25, -0.2) is 4.98 Å². The summed E-state index contributed by atoms with van der Waals surface area (Å²) in [5, 5.41) is 7.21. The van der Waals surface area contributed by atoms with E-state index in [0.29, 0.717) is 5.92 Å². The normalized spacial score (nSPS) is 15.9. The van der Waals surface area contributed by atoms with Crippen LogP contribution in [0.25, 0.3) is 0 Å². The van der Waals surface area contributed by atoms with E-state index in [1.807, 2.05) is 14.0 Å². The molecule has 4 nitrogen and oxygen atoms in total. The molecular formula is C14H23N3OS. The maximum Gasteiger partial charge on any atom is 0.263 e. The molecule has 2 rings (SSSR count). The van der Waals surface area contributed by atoms with Crippen LogP contribution in [0.2, 0.25) is 0 Å². The third kappa shape index (κ3) is 3.76. The van der Waals surface area contributed by atoms with E-state index < -0.39 is 0 Å². The van der Waals surface area contributed by atoms with Crippen LogP contribution in [0, 0.1) is 6.92 Å². The highest BCUT2D eigenvalue weighted by Crippen LogP contribution is 2.36. The number of thiazole rings is 1. The fourth-order valence-corrected chi connectivity index (χ4v) is 3.68. The van der Waals surface area contributed by atoms with Gasteiger partial charge in [0, 0.05) is 12.5 Å². The van der Waals surface area contributed by atoms with E-state index in [2.05, 4.69) is 15.6 Å². The lowest BCUT2D eigenvalue weighted by atomic mass is 10.1. The lowest BCUT2D eigenvalue weighted by Gasteiger charge is -2.03. The van der Waals surface area contributed by atoms with Crippen LogP contribution < -0.4 is 10.6 Å². The molecule has 1 aromatic heterocycles. The van der Waals surface area contributed by atoms with E-state index >= 15 is 0 Å². The van der Waals surface area contributed by atoms with Crippen LogP contribution in [0.3, 0.4) is 0 Å². The van der Waals surface area contributed by atoms with Gasteiger partial charge in [-0.3, -0.25) is 4.79 Å². The van der Waals surface area contributed by atoms with Crippen molar-refractivity contribution in [3.8, 4) is 0 Å². The number of rotatable bonds is 6. The van der Waals surface area contributed by atoms with Crippen LogP contribution in [0.1, 0.15) is 58.4 Å². The van der Waals surface area contributed by atoms with Crippen LogP contribution >= 0.6 is 11.3 Å². The van der Waals surface area contributed by atoms with Crippen LogP contribution in [-0.4, -0.2) is 31.0 Å². The van der Waals surface area contributed by atoms with Gasteiger partial charge in [0.1, 0.15) is 4.88 Å². The van der Waals surface area contributed by atoms with Gasteiger partial charge in [-0.05, 0) is 39.8 Å². The third-order valence-corrected chi connectivity index (χ3v) is 4.93. The Morgan fingerprint density at radius 2 is 2.11 bits per heavy atom. The molecule has 1 fully saturated rings. The maximum absolute atomic E-state index is 12.1. The second kappa shape index (κ2) is 7.01. The minimum Gasteiger partial charge on any atom is -0.351 e. The number of hydrogen-bond acceptors (Lipinski definition) is 4. The van der Waals surface area contributed by atoms with Crippen LogP contribution in [0.4, 0.5) is 0 Å². The Kier molecular flexibility index (Phi) is 5.34. The predicted molar refractivity (Wildman–Crippen MR) is 78.9 cm³/mol. The van der Waals surface area contributed by atoms with E-state index in [0.717, 1.165) is 35.1 Å². The molecule has 1 aromatic rings. The molecule has 0 radical (unpaired) electrons. The van der Waals surface area contributed by atoms with E-state index in [4.69, 9.17) is 0 Å². The van der Waals surface area contributed by atoms with Crippen molar-refractivity contribution in [3.63, 3.8) is 0 Å². The first-order valence-corrected chi connectivity index (χ1v) is 7.94. The average Bonchev–Trinajstić information content (AvgIpc) is 3.03. The van der Waals surface area contributed by atoms with E-state index in [1.54, 1.807) is 11.3 Å². The molecule has 2 N–H and O–H groups in total. The predicted octanol–water partition coefficient (Wildman–Crippen LogP) is 2.45. The molecule has 0 aromatic carbocycles. The van der Waals surface area contributed by atoms with Crippen molar-refractivity contribution >= 4 is 17.2 Å². The zero-order chi connectivity index (χ0) is 13.7. The first-order valence-electron chi connectivity index (χ1n) is 7.12. The van der Waals surface area contributed by atoms with Crippen molar-refractivity contribution < 1.29 is 4.79 Å². The Hall–Kier alpha value is -0.940. The minimum atomic E-state index is 0.0374. The van der Waals surface area contributed by atoms with E-state index in [9.17, 15) is 4.79 Å². The average molecular weight is 281 g/mol. The van der Waals surface area contributed by atoms with Crippen molar-refractivity contribution in [2.24, 2.45) is 0 Å². The van der Waals surface area contributed by atoms with Crippen molar-refractivity contribution in [2.75, 3.05) is 20.1 Å². The zero-order valence-electron chi connectivity index (χ0n) is 11.8. The van der Waals surface area contributed by atoms with Crippen LogP contribution in [-0.2, 0) is 0 Å². The molecule has 0 saturated heterocycles. The molecule has 0 spiro atoms. The lowest BCUT2D eigenvalue weighted by molar-refractivity contribution is 0.0956. The zero-order valence-corrected chi connectivity index (χ0v) is 12.6. The number of amides is 1. The second-order valence-electron chi connectivity index (χ2n) is 5.16. The van der Waals surface area contributed by atoms with E-state index in [-0.39, 0.29) is 5.91 Å². The maximum atomic E-state index is 12.1. The first kappa shape index (κ1) is 14.5. The van der Waals surface area contributed by atoms with Crippen molar-refractivity contribution in [1.82, 2.24) is 15.6 Å². The number of aryl methyl sites for hydroxylation is 1. The highest BCUT2D eigenvalue weighted by atomic mass is 32.1. The number of nitrogens with zero attached hydrogens (tertiary/aromatic N) is 1. The number of nitrogens with one attached hydrogen (secondary N) is 2. The number of carbonyl (C=O) groups is 1. The number of hydrogen-bond donors (Lipinski definition) is 2. The van der Waals surface area contributed by atoms with Gasteiger partial charge in [0.05, 0.1) is 10.7 Å². The summed E-state index contributed by atoms with van der Waals surface area (Å²) < 4.78 is 0. The molecule has 1 heterocycles. The monoisotopic (exact) mass is 281 g/mol. The Balaban J connectivity index is 1.93. The molecule has 0 aliphatic heterocycles. The summed E-state index contributed by atoms with van der Waals surface area (Å²) in [5.74, 6) is 0.630. The second-order valence-corrected chi connectivity index (χ2v) is 6.19. The molecule has 1 amide bonds. The van der Waals surface area contributed by atoms with Gasteiger partial charge < -0.3 is 10.6 Å². The molecule has 1 saturated carbocycles. The summed E-state index contributed by atoms with van der Waals surface area (Å²) in [6, 6.07) is 0. The SMILES string of the molecule is CNCCCNC(=O)c1sc(C2CCCC2)nc1C. The first-order chi connectivity index (χ1) is 9.22. The Morgan fingerprint density at radius 1 is 1.37 bits per heavy atom. The topological polar surface area (TPSA) is 54.0 Å². The Morgan fingerprint density at radius 3 is 2.79 bits per heavy atom. The van der Waals surface area contributed by atoms with Gasteiger partial charge in [-0.2, -0.15) is 0 Å². The summed E-state index contributed by atoms with van der Waals surface area (Å²) in [6.45, 7) is 3.59. The minimum absolute atomic E-state index is 0.0374. The summed E-state index contributed by atoms with van der Waals surface area (Å²) in [5.41, 5.74) is 0.887. The summed E-state index contributed by atoms with van der Waals surface area (Å²) >= 11 is 1.59. The van der Waals surface area contributed by atoms with Gasteiger partial charge >= 0.3 is 0 Å². The summed E-state index contributed by atoms with van der Waals surface area (Å²) in [4.78, 5) is 17.5. The van der Waals surface area contributed by atoms with Crippen LogP contribution in [0.15, 0.2) is 0 Å². The van der Waals surface area contributed by atoms with Crippen molar-refractivity contribution in [1.29, 1.82) is 0 Å². The fraction of sp³-hybridized carbons (Fsp3) is 0.714. The molecular weight excluding hydrogens is 258 g/mol. The fourth-order valence-electron chi connectivity index (χ4n) is 2.52. The highest BCUT2D eigenvalue weighted by Gasteiger charge is 2.23. The highest BCUT2D eigenvalue weighted by molar-refractivity contribution is 7.13. The summed E-state index contributed by atoms with van der Waals surface area (Å²) in [6.07, 6.45) is 6.02. The standard InChI is InChI=1S/C14H23N3OS/c1-10-12(13(18)16-9-5-8-15-2)19-14(17-10)11-6-3-4-7-11/h11,15H,3-9H2,1-2H3,(H,16,18).